The minimum atomic E-state index is -1.23. The van der Waals surface area contributed by atoms with Crippen LogP contribution < -0.4 is 11.5 Å². The van der Waals surface area contributed by atoms with E-state index in [-0.39, 0.29) is 11.1 Å². The van der Waals surface area contributed by atoms with Crippen LogP contribution in [0.25, 0.3) is 0 Å². The Morgan fingerprint density at radius 3 is 1.40 bits per heavy atom. The van der Waals surface area contributed by atoms with Gasteiger partial charge in [0.25, 0.3) is 0 Å². The number of aromatic carboxylic acids is 2. The monoisotopic (exact) mass is 282 g/mol. The molecule has 6 nitrogen and oxygen atoms in total. The average Bonchev–Trinajstić information content (AvgIpc) is 2.44. The second kappa shape index (κ2) is 11.0. The standard InChI is InChI=1S/C8H6O4.C6H16N2/c9-7(10)5-3-1-2-4-6(5)8(11)12;7-5-3-1-2-4-6-8/h1-4H,(H,9,10)(H,11,12);1-8H2. The topological polar surface area (TPSA) is 127 Å². The van der Waals surface area contributed by atoms with Gasteiger partial charge in [-0.3, -0.25) is 0 Å². The highest BCUT2D eigenvalue weighted by molar-refractivity contribution is 6.01. The summed E-state index contributed by atoms with van der Waals surface area (Å²) in [7, 11) is 0. The Morgan fingerprint density at radius 2 is 1.15 bits per heavy atom. The summed E-state index contributed by atoms with van der Waals surface area (Å²) in [6, 6.07) is 5.48. The van der Waals surface area contributed by atoms with Crippen molar-refractivity contribution in [3.8, 4) is 0 Å². The zero-order valence-corrected chi connectivity index (χ0v) is 11.4. The summed E-state index contributed by atoms with van der Waals surface area (Å²) in [6.07, 6.45) is 4.79. The van der Waals surface area contributed by atoms with Gasteiger partial charge in [0.1, 0.15) is 0 Å². The van der Waals surface area contributed by atoms with Crippen LogP contribution in [0.4, 0.5) is 0 Å². The predicted molar refractivity (Wildman–Crippen MR) is 76.9 cm³/mol. The van der Waals surface area contributed by atoms with Gasteiger partial charge < -0.3 is 21.7 Å². The van der Waals surface area contributed by atoms with E-state index in [1.165, 1.54) is 37.1 Å². The molecule has 0 unspecified atom stereocenters. The minimum Gasteiger partial charge on any atom is -0.478 e. The summed E-state index contributed by atoms with van der Waals surface area (Å²) in [4.78, 5) is 20.9. The van der Waals surface area contributed by atoms with Gasteiger partial charge in [-0.25, -0.2) is 9.59 Å². The molecule has 0 radical (unpaired) electrons. The molecular formula is C14H22N2O4. The Hall–Kier alpha value is -1.92. The highest BCUT2D eigenvalue weighted by Gasteiger charge is 2.13. The van der Waals surface area contributed by atoms with Crippen LogP contribution in [0, 0.1) is 0 Å². The Balaban J connectivity index is 0.000000396. The molecule has 0 saturated heterocycles. The Kier molecular flexibility index (Phi) is 9.90. The molecule has 1 aromatic rings. The fourth-order valence-corrected chi connectivity index (χ4v) is 1.50. The number of hydrogen-bond donors (Lipinski definition) is 4. The number of unbranched alkanes of at least 4 members (excludes halogenated alkanes) is 3. The lowest BCUT2D eigenvalue weighted by Crippen LogP contribution is -2.06. The number of benzene rings is 1. The van der Waals surface area contributed by atoms with Crippen LogP contribution in [0.1, 0.15) is 46.4 Å². The zero-order valence-electron chi connectivity index (χ0n) is 11.4. The average molecular weight is 282 g/mol. The van der Waals surface area contributed by atoms with Crippen LogP contribution in [0.2, 0.25) is 0 Å². The van der Waals surface area contributed by atoms with E-state index in [4.69, 9.17) is 21.7 Å². The largest absolute Gasteiger partial charge is 0.478 e. The van der Waals surface area contributed by atoms with E-state index in [1.54, 1.807) is 0 Å². The van der Waals surface area contributed by atoms with Gasteiger partial charge in [-0.2, -0.15) is 0 Å². The van der Waals surface area contributed by atoms with Crippen LogP contribution in [-0.4, -0.2) is 35.2 Å². The van der Waals surface area contributed by atoms with Crippen molar-refractivity contribution in [3.63, 3.8) is 0 Å². The molecule has 0 aromatic heterocycles. The number of nitrogens with two attached hydrogens (primary N) is 2. The predicted octanol–water partition coefficient (Wildman–Crippen LogP) is 1.55. The van der Waals surface area contributed by atoms with Crippen molar-refractivity contribution in [1.29, 1.82) is 0 Å². The van der Waals surface area contributed by atoms with Gasteiger partial charge >= 0.3 is 11.9 Å². The molecular weight excluding hydrogens is 260 g/mol. The maximum absolute atomic E-state index is 10.5. The van der Waals surface area contributed by atoms with Gasteiger partial charge in [0.2, 0.25) is 0 Å². The van der Waals surface area contributed by atoms with Crippen LogP contribution in [0.5, 0.6) is 0 Å². The molecule has 0 atom stereocenters. The molecule has 0 fully saturated rings. The molecule has 0 heterocycles. The second-order valence-electron chi connectivity index (χ2n) is 4.15. The van der Waals surface area contributed by atoms with Crippen molar-refractivity contribution in [2.24, 2.45) is 11.5 Å². The first-order valence-electron chi connectivity index (χ1n) is 6.50. The molecule has 1 rings (SSSR count). The Bertz CT molecular complexity index is 382. The number of carboxylic acid groups (broad SMARTS) is 2. The molecule has 6 N–H and O–H groups in total. The van der Waals surface area contributed by atoms with Crippen molar-refractivity contribution < 1.29 is 19.8 Å². The van der Waals surface area contributed by atoms with Gasteiger partial charge in [-0.1, -0.05) is 25.0 Å². The third kappa shape index (κ3) is 7.50. The van der Waals surface area contributed by atoms with Gasteiger partial charge in [0, 0.05) is 0 Å². The quantitative estimate of drug-likeness (QED) is 0.562. The van der Waals surface area contributed by atoms with Gasteiger partial charge in [-0.05, 0) is 38.1 Å². The van der Waals surface area contributed by atoms with Crippen molar-refractivity contribution in [1.82, 2.24) is 0 Å². The van der Waals surface area contributed by atoms with E-state index in [2.05, 4.69) is 0 Å². The highest BCUT2D eigenvalue weighted by Crippen LogP contribution is 2.07. The first kappa shape index (κ1) is 18.1. The van der Waals surface area contributed by atoms with Gasteiger partial charge in [0.05, 0.1) is 11.1 Å². The van der Waals surface area contributed by atoms with Crippen LogP contribution in [0.15, 0.2) is 24.3 Å². The normalized spacial score (nSPS) is 9.50. The second-order valence-corrected chi connectivity index (χ2v) is 4.15. The maximum Gasteiger partial charge on any atom is 0.336 e. The van der Waals surface area contributed by atoms with Crippen molar-refractivity contribution in [3.05, 3.63) is 35.4 Å². The van der Waals surface area contributed by atoms with Crippen molar-refractivity contribution in [2.75, 3.05) is 13.1 Å². The molecule has 0 spiro atoms. The number of rotatable bonds is 7. The molecule has 0 bridgehead atoms. The molecule has 6 heteroatoms. The summed E-state index contributed by atoms with van der Waals surface area (Å²) in [5.74, 6) is -2.46. The Labute approximate surface area is 118 Å². The fourth-order valence-electron chi connectivity index (χ4n) is 1.50. The smallest absolute Gasteiger partial charge is 0.336 e. The fraction of sp³-hybridized carbons (Fsp3) is 0.429. The zero-order chi connectivity index (χ0) is 15.4. The third-order valence-electron chi connectivity index (χ3n) is 2.55. The SMILES string of the molecule is NCCCCCCN.O=C(O)c1ccccc1C(=O)O. The molecule has 0 aliphatic carbocycles. The highest BCUT2D eigenvalue weighted by atomic mass is 16.4. The van der Waals surface area contributed by atoms with E-state index in [1.807, 2.05) is 0 Å². The number of carboxylic acids is 2. The van der Waals surface area contributed by atoms with Crippen LogP contribution in [-0.2, 0) is 0 Å². The lowest BCUT2D eigenvalue weighted by molar-refractivity contribution is 0.0651. The van der Waals surface area contributed by atoms with E-state index in [9.17, 15) is 9.59 Å². The summed E-state index contributed by atoms with van der Waals surface area (Å²) >= 11 is 0. The molecule has 0 aliphatic heterocycles. The van der Waals surface area contributed by atoms with Gasteiger partial charge in [0.15, 0.2) is 0 Å². The molecule has 1 aromatic carbocycles. The molecule has 20 heavy (non-hydrogen) atoms. The summed E-state index contributed by atoms with van der Waals surface area (Å²) < 4.78 is 0. The maximum atomic E-state index is 10.5. The summed E-state index contributed by atoms with van der Waals surface area (Å²) in [5.41, 5.74) is 10.2. The first-order chi connectivity index (χ1) is 9.54. The molecule has 112 valence electrons. The van der Waals surface area contributed by atoms with E-state index in [0.717, 1.165) is 25.9 Å². The number of hydrogen-bond acceptors (Lipinski definition) is 4. The lowest BCUT2D eigenvalue weighted by Gasteiger charge is -1.98. The molecule has 0 aliphatic rings. The van der Waals surface area contributed by atoms with Crippen molar-refractivity contribution in [2.45, 2.75) is 25.7 Å². The van der Waals surface area contributed by atoms with E-state index in [0.29, 0.717) is 0 Å². The first-order valence-corrected chi connectivity index (χ1v) is 6.50. The van der Waals surface area contributed by atoms with E-state index < -0.39 is 11.9 Å². The number of carbonyl (C=O) groups is 2. The Morgan fingerprint density at radius 1 is 0.800 bits per heavy atom. The molecule has 0 saturated carbocycles. The lowest BCUT2D eigenvalue weighted by atomic mass is 10.1. The van der Waals surface area contributed by atoms with Crippen LogP contribution >= 0.6 is 0 Å². The summed E-state index contributed by atoms with van der Waals surface area (Å²) in [6.45, 7) is 1.65. The van der Waals surface area contributed by atoms with Crippen LogP contribution in [0.3, 0.4) is 0 Å². The van der Waals surface area contributed by atoms with E-state index >= 15 is 0 Å². The van der Waals surface area contributed by atoms with Crippen molar-refractivity contribution >= 4 is 11.9 Å². The third-order valence-corrected chi connectivity index (χ3v) is 2.55. The van der Waals surface area contributed by atoms with Gasteiger partial charge in [-0.15, -0.1) is 0 Å². The molecule has 0 amide bonds. The minimum absolute atomic E-state index is 0.190. The summed E-state index contributed by atoms with van der Waals surface area (Å²) in [5, 5.41) is 17.1.